The molecule has 0 aromatic rings. The number of hydrogen-bond acceptors (Lipinski definition) is 1. The van der Waals surface area contributed by atoms with E-state index in [0.29, 0.717) is 3.80 Å². The normalized spacial score (nSPS) is 28.3. The van der Waals surface area contributed by atoms with E-state index in [1.54, 1.807) is 17.6 Å². The van der Waals surface area contributed by atoms with Gasteiger partial charge < -0.3 is 0 Å². The molecule has 0 aliphatic carbocycles. The summed E-state index contributed by atoms with van der Waals surface area (Å²) in [6.45, 7) is 0. The molecule has 7 heavy (non-hydrogen) atoms. The van der Waals surface area contributed by atoms with Gasteiger partial charge in [0.15, 0.2) is 0 Å². The van der Waals surface area contributed by atoms with Gasteiger partial charge in [0.2, 0.25) is 0 Å². The van der Waals surface area contributed by atoms with Crippen LogP contribution in [-0.2, 0) is 26.8 Å². The fraction of sp³-hybridized carbons (Fsp3) is 0. The Labute approximate surface area is 52.8 Å². The second-order valence-electron chi connectivity index (χ2n) is 1.06. The van der Waals surface area contributed by atoms with Gasteiger partial charge in [-0.25, -0.2) is 0 Å². The van der Waals surface area contributed by atoms with Gasteiger partial charge in [-0.15, -0.1) is 0 Å². The summed E-state index contributed by atoms with van der Waals surface area (Å²) in [6.07, 6.45) is 3.36. The van der Waals surface area contributed by atoms with Gasteiger partial charge in [0, 0.05) is 0 Å². The van der Waals surface area contributed by atoms with Crippen molar-refractivity contribution in [2.24, 2.45) is 0 Å². The summed E-state index contributed by atoms with van der Waals surface area (Å²) < 4.78 is 10.9. The molecule has 0 saturated carbocycles. The molecule has 1 heterocycles. The minimum absolute atomic E-state index is 0.507. The van der Waals surface area contributed by atoms with Crippen molar-refractivity contribution in [3.8, 4) is 0 Å². The van der Waals surface area contributed by atoms with Crippen LogP contribution < -0.4 is 0 Å². The molecule has 0 spiro atoms. The summed E-state index contributed by atoms with van der Waals surface area (Å²) in [5, 5.41) is 1.57. The monoisotopic (exact) mass is 162 g/mol. The third-order valence-electron chi connectivity index (χ3n) is 0.593. The molecule has 1 aliphatic rings. The average molecular weight is 163 g/mol. The van der Waals surface area contributed by atoms with E-state index in [4.69, 9.17) is 16.0 Å². The Morgan fingerprint density at radius 2 is 2.43 bits per heavy atom. The van der Waals surface area contributed by atoms with E-state index in [0.717, 1.165) is 0 Å². The van der Waals surface area contributed by atoms with Crippen molar-refractivity contribution in [1.29, 1.82) is 0 Å². The van der Waals surface area contributed by atoms with Gasteiger partial charge in [0.05, 0.1) is 0 Å². The van der Waals surface area contributed by atoms with Crippen LogP contribution in [0.1, 0.15) is 0 Å². The van der Waals surface area contributed by atoms with Crippen molar-refractivity contribution in [2.75, 3.05) is 0 Å². The Bertz CT molecular complexity index is 159. The summed E-state index contributed by atoms with van der Waals surface area (Å²) in [5.74, 6) is 0. The Balaban J connectivity index is 2.89. The molecular weight excluding hydrogens is 160 g/mol. The summed E-state index contributed by atoms with van der Waals surface area (Å²) >= 11 is 4.76. The Hall–Kier alpha value is 0.149. The Morgan fingerprint density at radius 3 is 2.57 bits per heavy atom. The van der Waals surface area contributed by atoms with Crippen LogP contribution in [0, 0.1) is 0 Å². The van der Waals surface area contributed by atoms with Crippen LogP contribution in [0.15, 0.2) is 21.4 Å². The quantitative estimate of drug-likeness (QED) is 0.478. The van der Waals surface area contributed by atoms with E-state index in [1.165, 1.54) is 0 Å². The SMILES string of the molecule is O=S1C=CC=[C]1[Cu]. The topological polar surface area (TPSA) is 17.1 Å². The number of hydrogen-bond donors (Lipinski definition) is 0. The Morgan fingerprint density at radius 1 is 1.71 bits per heavy atom. The molecule has 0 amide bonds. The minimum atomic E-state index is -0.981. The average Bonchev–Trinajstić information content (AvgIpc) is 1.91. The zero-order chi connectivity index (χ0) is 5.28. The van der Waals surface area contributed by atoms with E-state index in [1.807, 2.05) is 0 Å². The molecule has 3 heteroatoms. The fourth-order valence-electron chi connectivity index (χ4n) is 0.306. The molecule has 0 aromatic carbocycles. The van der Waals surface area contributed by atoms with Crippen molar-refractivity contribution in [1.82, 2.24) is 0 Å². The molecule has 0 N–H and O–H groups in total. The van der Waals surface area contributed by atoms with Crippen molar-refractivity contribution >= 4 is 10.8 Å². The van der Waals surface area contributed by atoms with E-state index < -0.39 is 10.8 Å². The molecule has 42 valence electrons. The predicted octanol–water partition coefficient (Wildman–Crippen LogP) is 0.651. The van der Waals surface area contributed by atoms with Gasteiger partial charge in [-0.1, -0.05) is 0 Å². The van der Waals surface area contributed by atoms with Crippen LogP contribution >= 0.6 is 0 Å². The Kier molecular flexibility index (Phi) is 1.47. The standard InChI is InChI=1S/C4H3OS.Cu/c5-6-3-1-2-4-6;/h1-3H;. The van der Waals surface area contributed by atoms with Crippen LogP contribution in [0.2, 0.25) is 0 Å². The first kappa shape index (κ1) is 5.29. The van der Waals surface area contributed by atoms with Crippen LogP contribution in [0.3, 0.4) is 0 Å². The first-order valence-corrected chi connectivity index (χ1v) is 3.40. The molecule has 0 saturated heterocycles. The van der Waals surface area contributed by atoms with Crippen molar-refractivity contribution in [3.63, 3.8) is 0 Å². The maximum atomic E-state index is 10.4. The van der Waals surface area contributed by atoms with Crippen LogP contribution in [0.4, 0.5) is 0 Å². The van der Waals surface area contributed by atoms with Gasteiger partial charge >= 0.3 is 52.4 Å². The summed E-state index contributed by atoms with van der Waals surface area (Å²) in [6, 6.07) is 0. The van der Waals surface area contributed by atoms with E-state index in [2.05, 4.69) is 0 Å². The summed E-state index contributed by atoms with van der Waals surface area (Å²) in [5.41, 5.74) is 0. The molecule has 1 nitrogen and oxygen atoms in total. The second kappa shape index (κ2) is 1.95. The third-order valence-corrected chi connectivity index (χ3v) is 2.21. The third kappa shape index (κ3) is 1.03. The molecule has 0 radical (unpaired) electrons. The molecule has 0 fully saturated rings. The molecule has 0 aromatic heterocycles. The fourth-order valence-corrected chi connectivity index (χ4v) is 1.14. The molecule has 0 bridgehead atoms. The molecular formula is C4H3CuOS. The van der Waals surface area contributed by atoms with Crippen LogP contribution in [-0.4, -0.2) is 4.21 Å². The van der Waals surface area contributed by atoms with E-state index in [-0.39, 0.29) is 0 Å². The first-order chi connectivity index (χ1) is 3.30. The molecule has 1 atom stereocenters. The van der Waals surface area contributed by atoms with E-state index in [9.17, 15) is 4.21 Å². The molecule has 1 aliphatic heterocycles. The van der Waals surface area contributed by atoms with Crippen molar-refractivity contribution in [3.05, 3.63) is 21.4 Å². The van der Waals surface area contributed by atoms with Crippen molar-refractivity contribution < 1.29 is 20.2 Å². The zero-order valence-corrected chi connectivity index (χ0v) is 5.11. The second-order valence-corrected chi connectivity index (χ2v) is 3.13. The summed E-state index contributed by atoms with van der Waals surface area (Å²) in [7, 11) is -0.981. The van der Waals surface area contributed by atoms with Gasteiger partial charge in [0.25, 0.3) is 0 Å². The van der Waals surface area contributed by atoms with Crippen molar-refractivity contribution in [2.45, 2.75) is 0 Å². The van der Waals surface area contributed by atoms with E-state index >= 15 is 0 Å². The number of allylic oxidation sites excluding steroid dienone is 2. The molecule has 1 unspecified atom stereocenters. The van der Waals surface area contributed by atoms with Gasteiger partial charge in [-0.05, 0) is 0 Å². The zero-order valence-electron chi connectivity index (χ0n) is 3.35. The molecule has 1 rings (SSSR count). The van der Waals surface area contributed by atoms with Gasteiger partial charge in [-0.3, -0.25) is 0 Å². The van der Waals surface area contributed by atoms with Gasteiger partial charge in [-0.2, -0.15) is 0 Å². The van der Waals surface area contributed by atoms with Crippen LogP contribution in [0.5, 0.6) is 0 Å². The predicted molar refractivity (Wildman–Crippen MR) is 25.4 cm³/mol. The summed E-state index contributed by atoms with van der Waals surface area (Å²) in [4.78, 5) is 0. The number of rotatable bonds is 0. The van der Waals surface area contributed by atoms with Gasteiger partial charge in [0.1, 0.15) is 0 Å². The first-order valence-electron chi connectivity index (χ1n) is 1.71. The van der Waals surface area contributed by atoms with Crippen LogP contribution in [0.25, 0.3) is 0 Å². The maximum absolute atomic E-state index is 10.4.